The molecule has 6 nitrogen and oxygen atoms in total. The van der Waals surface area contributed by atoms with Crippen molar-refractivity contribution in [3.63, 3.8) is 0 Å². The van der Waals surface area contributed by atoms with Crippen LogP contribution in [0.3, 0.4) is 0 Å². The quantitative estimate of drug-likeness (QED) is 0.176. The van der Waals surface area contributed by atoms with Crippen molar-refractivity contribution in [1.29, 1.82) is 0 Å². The topological polar surface area (TPSA) is 69.4 Å². The summed E-state index contributed by atoms with van der Waals surface area (Å²) in [6.45, 7) is 0. The predicted octanol–water partition coefficient (Wildman–Crippen LogP) is 11.6. The molecule has 1 spiro atoms. The molecule has 0 radical (unpaired) electrons. The Hall–Kier alpha value is -7.83. The van der Waals surface area contributed by atoms with Crippen LogP contribution in [0.2, 0.25) is 0 Å². The molecular weight excluding hydrogens is 709 g/mol. The summed E-state index contributed by atoms with van der Waals surface area (Å²) in [5, 5.41) is 6.39. The molecule has 2 aliphatic rings. The Balaban J connectivity index is 1.11. The zero-order valence-corrected chi connectivity index (χ0v) is 31.2. The van der Waals surface area contributed by atoms with Gasteiger partial charge in [0.1, 0.15) is 5.69 Å². The molecule has 6 heteroatoms. The SMILES string of the molecule is c1ccc(-c2nc(-c3ccccc3)nc(-c3ccc4c(c3)C3(c5ccccc5-c5ccccc53)c3cc(-c5nn(-c6ccncc6)c6ccccc56)ccc3-4)n2)cc1. The monoisotopic (exact) mass is 740 g/mol. The maximum absolute atomic E-state index is 5.29. The Morgan fingerprint density at radius 2 is 0.862 bits per heavy atom. The zero-order valence-electron chi connectivity index (χ0n) is 31.2. The van der Waals surface area contributed by atoms with Crippen LogP contribution in [-0.2, 0) is 5.41 Å². The van der Waals surface area contributed by atoms with Crippen molar-refractivity contribution in [3.05, 3.63) is 217 Å². The first-order valence-corrected chi connectivity index (χ1v) is 19.5. The van der Waals surface area contributed by atoms with Crippen LogP contribution in [-0.4, -0.2) is 29.7 Å². The maximum Gasteiger partial charge on any atom is 0.164 e. The summed E-state index contributed by atoms with van der Waals surface area (Å²) in [5.74, 6) is 1.92. The summed E-state index contributed by atoms with van der Waals surface area (Å²) in [6, 6.07) is 64.3. The molecule has 3 aromatic heterocycles. The van der Waals surface area contributed by atoms with Crippen molar-refractivity contribution < 1.29 is 0 Å². The maximum atomic E-state index is 5.29. The Labute approximate surface area is 334 Å². The minimum atomic E-state index is -0.592. The van der Waals surface area contributed by atoms with E-state index in [2.05, 4.69) is 138 Å². The fraction of sp³-hybridized carbons (Fsp3) is 0.0192. The molecule has 0 amide bonds. The Morgan fingerprint density at radius 3 is 1.48 bits per heavy atom. The number of rotatable bonds is 5. The van der Waals surface area contributed by atoms with Gasteiger partial charge in [-0.1, -0.05) is 152 Å². The van der Waals surface area contributed by atoms with Gasteiger partial charge in [0, 0.05) is 40.0 Å². The second-order valence-corrected chi connectivity index (χ2v) is 14.9. The summed E-state index contributed by atoms with van der Waals surface area (Å²) < 4.78 is 2.03. The van der Waals surface area contributed by atoms with Gasteiger partial charge in [-0.3, -0.25) is 4.98 Å². The van der Waals surface area contributed by atoms with Gasteiger partial charge in [-0.25, -0.2) is 19.6 Å². The summed E-state index contributed by atoms with van der Waals surface area (Å²) in [4.78, 5) is 19.5. The molecule has 3 heterocycles. The average Bonchev–Trinajstić information content (AvgIpc) is 3.94. The van der Waals surface area contributed by atoms with Gasteiger partial charge < -0.3 is 0 Å². The number of fused-ring (bicyclic) bond motifs is 11. The molecule has 7 aromatic carbocycles. The lowest BCUT2D eigenvalue weighted by atomic mass is 9.70. The van der Waals surface area contributed by atoms with Crippen LogP contribution in [0.5, 0.6) is 0 Å². The van der Waals surface area contributed by atoms with Gasteiger partial charge in [-0.05, 0) is 74.8 Å². The van der Waals surface area contributed by atoms with Crippen LogP contribution in [0.15, 0.2) is 194 Å². The van der Waals surface area contributed by atoms with E-state index in [-0.39, 0.29) is 0 Å². The average molecular weight is 741 g/mol. The molecule has 0 atom stereocenters. The first kappa shape index (κ1) is 32.4. The normalized spacial score (nSPS) is 13.0. The fourth-order valence-electron chi connectivity index (χ4n) is 9.32. The molecule has 0 aliphatic heterocycles. The smallest absolute Gasteiger partial charge is 0.164 e. The van der Waals surface area contributed by atoms with Gasteiger partial charge in [-0.15, -0.1) is 0 Å². The standard InChI is InChI=1S/C52H32N6/c1-3-13-33(14-4-1)49-54-50(34-15-5-2-6-16-34)56-51(55-49)36-24-26-41-40-25-23-35(48-42-19-9-12-22-47(42)58(57-48)37-27-29-53-30-28-37)31-45(40)52(46(41)32-36)43-20-10-7-17-38(43)39-18-8-11-21-44(39)52/h1-32H. The number of nitrogens with zero attached hydrogens (tertiary/aromatic N) is 6. The van der Waals surface area contributed by atoms with Crippen molar-refractivity contribution >= 4 is 10.9 Å². The third-order valence-corrected chi connectivity index (χ3v) is 11.8. The van der Waals surface area contributed by atoms with Crippen molar-refractivity contribution in [2.75, 3.05) is 0 Å². The van der Waals surface area contributed by atoms with E-state index in [1.165, 1.54) is 44.5 Å². The van der Waals surface area contributed by atoms with Gasteiger partial charge >= 0.3 is 0 Å². The zero-order chi connectivity index (χ0) is 38.2. The minimum Gasteiger partial charge on any atom is -0.265 e. The molecule has 270 valence electrons. The molecule has 0 N–H and O–H groups in total. The van der Waals surface area contributed by atoms with Gasteiger partial charge in [0.15, 0.2) is 17.5 Å². The second-order valence-electron chi connectivity index (χ2n) is 14.9. The predicted molar refractivity (Wildman–Crippen MR) is 230 cm³/mol. The lowest BCUT2D eigenvalue weighted by molar-refractivity contribution is 0.794. The Morgan fingerprint density at radius 1 is 0.379 bits per heavy atom. The van der Waals surface area contributed by atoms with Crippen LogP contribution in [0.25, 0.3) is 84.3 Å². The summed E-state index contributed by atoms with van der Waals surface area (Å²) in [7, 11) is 0. The van der Waals surface area contributed by atoms with Gasteiger partial charge in [0.05, 0.1) is 16.6 Å². The highest BCUT2D eigenvalue weighted by molar-refractivity contribution is 5.99. The number of hydrogen-bond acceptors (Lipinski definition) is 5. The Kier molecular flexibility index (Phi) is 7.04. The van der Waals surface area contributed by atoms with E-state index >= 15 is 0 Å². The van der Waals surface area contributed by atoms with Crippen LogP contribution in [0.1, 0.15) is 22.3 Å². The van der Waals surface area contributed by atoms with E-state index in [1.807, 2.05) is 65.6 Å². The van der Waals surface area contributed by atoms with Crippen LogP contribution < -0.4 is 0 Å². The van der Waals surface area contributed by atoms with Crippen LogP contribution in [0, 0.1) is 0 Å². The van der Waals surface area contributed by atoms with Gasteiger partial charge in [0.2, 0.25) is 0 Å². The first-order chi connectivity index (χ1) is 28.8. The summed E-state index contributed by atoms with van der Waals surface area (Å²) in [5.41, 5.74) is 16.1. The largest absolute Gasteiger partial charge is 0.265 e. The molecule has 2 aliphatic carbocycles. The van der Waals surface area contributed by atoms with Crippen molar-refractivity contribution in [3.8, 4) is 73.4 Å². The first-order valence-electron chi connectivity index (χ1n) is 19.5. The molecule has 12 rings (SSSR count). The highest BCUT2D eigenvalue weighted by atomic mass is 15.3. The Bertz CT molecular complexity index is 3120. The molecular formula is C52H32N6. The third kappa shape index (κ3) is 4.69. The van der Waals surface area contributed by atoms with E-state index in [9.17, 15) is 0 Å². The van der Waals surface area contributed by atoms with E-state index in [1.54, 1.807) is 0 Å². The highest BCUT2D eigenvalue weighted by Gasteiger charge is 2.52. The minimum absolute atomic E-state index is 0.592. The van der Waals surface area contributed by atoms with E-state index < -0.39 is 5.41 Å². The lowest BCUT2D eigenvalue weighted by Crippen LogP contribution is -2.26. The summed E-state index contributed by atoms with van der Waals surface area (Å²) >= 11 is 0. The van der Waals surface area contributed by atoms with Crippen molar-refractivity contribution in [2.24, 2.45) is 0 Å². The number of benzene rings is 7. The highest BCUT2D eigenvalue weighted by Crippen LogP contribution is 2.63. The molecule has 0 unspecified atom stereocenters. The second kappa shape index (κ2) is 12.6. The van der Waals surface area contributed by atoms with Gasteiger partial charge in [0.25, 0.3) is 0 Å². The molecule has 58 heavy (non-hydrogen) atoms. The lowest BCUT2D eigenvalue weighted by Gasteiger charge is -2.31. The summed E-state index contributed by atoms with van der Waals surface area (Å²) in [6.07, 6.45) is 3.63. The van der Waals surface area contributed by atoms with Crippen molar-refractivity contribution in [1.82, 2.24) is 29.7 Å². The van der Waals surface area contributed by atoms with Crippen LogP contribution in [0.4, 0.5) is 0 Å². The van der Waals surface area contributed by atoms with E-state index in [0.717, 1.165) is 44.5 Å². The molecule has 10 aromatic rings. The van der Waals surface area contributed by atoms with Gasteiger partial charge in [-0.2, -0.15) is 5.10 Å². The third-order valence-electron chi connectivity index (χ3n) is 11.8. The molecule has 0 bridgehead atoms. The molecule has 0 saturated heterocycles. The van der Waals surface area contributed by atoms with Crippen LogP contribution >= 0.6 is 0 Å². The number of aromatic nitrogens is 6. The number of para-hydroxylation sites is 1. The molecule has 0 fully saturated rings. The van der Waals surface area contributed by atoms with Crippen molar-refractivity contribution in [2.45, 2.75) is 5.41 Å². The molecule has 0 saturated carbocycles. The fourth-order valence-corrected chi connectivity index (χ4v) is 9.32. The number of pyridine rings is 1. The van der Waals surface area contributed by atoms with E-state index in [4.69, 9.17) is 20.1 Å². The number of hydrogen-bond donors (Lipinski definition) is 0. The van der Waals surface area contributed by atoms with E-state index in [0.29, 0.717) is 17.5 Å².